The molecular weight excluding hydrogens is 296 g/mol. The lowest BCUT2D eigenvalue weighted by molar-refractivity contribution is -0.922. The second-order valence-electron chi connectivity index (χ2n) is 6.41. The summed E-state index contributed by atoms with van der Waals surface area (Å²) < 4.78 is 5.44. The fourth-order valence-corrected chi connectivity index (χ4v) is 4.01. The zero-order valence-corrected chi connectivity index (χ0v) is 14.1. The van der Waals surface area contributed by atoms with Crippen LogP contribution in [0.3, 0.4) is 0 Å². The summed E-state index contributed by atoms with van der Waals surface area (Å²) >= 11 is 1.79. The highest BCUT2D eigenvalue weighted by atomic mass is 32.1. The Balaban J connectivity index is 1.68. The smallest absolute Gasteiger partial charge is 0.187 e. The van der Waals surface area contributed by atoms with Gasteiger partial charge in [0.15, 0.2) is 5.82 Å². The van der Waals surface area contributed by atoms with Crippen molar-refractivity contribution in [2.24, 2.45) is 0 Å². The van der Waals surface area contributed by atoms with Crippen molar-refractivity contribution in [2.75, 3.05) is 31.6 Å². The first kappa shape index (κ1) is 14.4. The van der Waals surface area contributed by atoms with Gasteiger partial charge in [-0.05, 0) is 32.3 Å². The normalized spacial score (nSPS) is 19.7. The van der Waals surface area contributed by atoms with Gasteiger partial charge in [0.2, 0.25) is 0 Å². The predicted octanol–water partition coefficient (Wildman–Crippen LogP) is 1.30. The van der Waals surface area contributed by atoms with Crippen LogP contribution in [0.1, 0.15) is 29.1 Å². The molecule has 0 amide bonds. The Morgan fingerprint density at radius 2 is 2.00 bits per heavy atom. The number of anilines is 1. The number of aromatic nitrogens is 2. The molecule has 3 heterocycles. The Morgan fingerprint density at radius 1 is 1.23 bits per heavy atom. The van der Waals surface area contributed by atoms with Gasteiger partial charge in [0.1, 0.15) is 30.3 Å². The molecule has 1 aliphatic carbocycles. The van der Waals surface area contributed by atoms with E-state index in [1.807, 2.05) is 0 Å². The van der Waals surface area contributed by atoms with Crippen LogP contribution < -0.4 is 10.2 Å². The number of quaternary nitrogens is 1. The lowest BCUT2D eigenvalue weighted by atomic mass is 10.2. The number of thiophene rings is 1. The van der Waals surface area contributed by atoms with E-state index in [4.69, 9.17) is 14.7 Å². The van der Waals surface area contributed by atoms with Crippen LogP contribution in [0.2, 0.25) is 0 Å². The minimum atomic E-state index is 0.612. The molecule has 5 nitrogen and oxygen atoms in total. The third-order valence-corrected chi connectivity index (χ3v) is 5.70. The number of nitrogens with one attached hydrogen (secondary N) is 2. The Labute approximate surface area is 134 Å². The van der Waals surface area contributed by atoms with Gasteiger partial charge in [-0.15, -0.1) is 11.3 Å². The van der Waals surface area contributed by atoms with E-state index in [1.165, 1.54) is 33.6 Å². The van der Waals surface area contributed by atoms with E-state index < -0.39 is 0 Å². The standard InChI is InChI=1S/C16H22N4OS/c1-10-11(2)22-16-14(10)15(17-12-3-4-12)18-13(19-16)9-20-5-7-21-8-6-20/h12H,3-9H2,1-2H3,(H,17,18,19)/p+1. The molecule has 0 radical (unpaired) electrons. The van der Waals surface area contributed by atoms with Gasteiger partial charge in [-0.1, -0.05) is 0 Å². The van der Waals surface area contributed by atoms with Gasteiger partial charge in [0, 0.05) is 10.9 Å². The first-order chi connectivity index (χ1) is 10.7. The summed E-state index contributed by atoms with van der Waals surface area (Å²) in [6.07, 6.45) is 2.52. The fraction of sp³-hybridized carbons (Fsp3) is 0.625. The average Bonchev–Trinajstić information content (AvgIpc) is 3.26. The highest BCUT2D eigenvalue weighted by Crippen LogP contribution is 2.35. The number of fused-ring (bicyclic) bond motifs is 1. The number of aryl methyl sites for hydroxylation is 2. The van der Waals surface area contributed by atoms with Crippen molar-refractivity contribution in [3.63, 3.8) is 0 Å². The number of hydrogen-bond donors (Lipinski definition) is 2. The molecule has 0 atom stereocenters. The maximum atomic E-state index is 5.44. The SMILES string of the molecule is Cc1sc2nc(C[NH+]3CCOCC3)nc(NC3CC3)c2c1C. The second kappa shape index (κ2) is 5.76. The minimum Gasteiger partial charge on any atom is -0.370 e. The molecule has 2 aromatic rings. The van der Waals surface area contributed by atoms with E-state index in [1.54, 1.807) is 11.3 Å². The van der Waals surface area contributed by atoms with Gasteiger partial charge in [0.25, 0.3) is 0 Å². The molecule has 6 heteroatoms. The van der Waals surface area contributed by atoms with Crippen molar-refractivity contribution < 1.29 is 9.64 Å². The van der Waals surface area contributed by atoms with Gasteiger partial charge >= 0.3 is 0 Å². The van der Waals surface area contributed by atoms with E-state index in [2.05, 4.69) is 19.2 Å². The number of rotatable bonds is 4. The molecular formula is C16H23N4OS+. The summed E-state index contributed by atoms with van der Waals surface area (Å²) in [7, 11) is 0. The topological polar surface area (TPSA) is 51.5 Å². The maximum absolute atomic E-state index is 5.44. The van der Waals surface area contributed by atoms with Gasteiger partial charge in [-0.25, -0.2) is 9.97 Å². The van der Waals surface area contributed by atoms with E-state index in [0.29, 0.717) is 6.04 Å². The minimum absolute atomic E-state index is 0.612. The van der Waals surface area contributed by atoms with Crippen molar-refractivity contribution in [1.82, 2.24) is 9.97 Å². The third kappa shape index (κ3) is 2.83. The lowest BCUT2D eigenvalue weighted by Crippen LogP contribution is -3.12. The Bertz CT molecular complexity index is 689. The second-order valence-corrected chi connectivity index (χ2v) is 7.61. The molecule has 22 heavy (non-hydrogen) atoms. The molecule has 4 rings (SSSR count). The zero-order chi connectivity index (χ0) is 15.1. The van der Waals surface area contributed by atoms with Gasteiger partial charge < -0.3 is 15.0 Å². The number of morpholine rings is 1. The summed E-state index contributed by atoms with van der Waals surface area (Å²) in [5.41, 5.74) is 1.33. The molecule has 0 unspecified atom stereocenters. The van der Waals surface area contributed by atoms with Crippen LogP contribution in [0.25, 0.3) is 10.2 Å². The molecule has 2 N–H and O–H groups in total. The van der Waals surface area contributed by atoms with Crippen LogP contribution >= 0.6 is 11.3 Å². The summed E-state index contributed by atoms with van der Waals surface area (Å²) in [5.74, 6) is 2.02. The molecule has 2 aromatic heterocycles. The number of ether oxygens (including phenoxy) is 1. The summed E-state index contributed by atoms with van der Waals surface area (Å²) in [6, 6.07) is 0.612. The monoisotopic (exact) mass is 319 g/mol. The first-order valence-electron chi connectivity index (χ1n) is 8.15. The Morgan fingerprint density at radius 3 is 2.73 bits per heavy atom. The Kier molecular flexibility index (Phi) is 3.76. The van der Waals surface area contributed by atoms with Crippen LogP contribution in [0.4, 0.5) is 5.82 Å². The molecule has 0 spiro atoms. The largest absolute Gasteiger partial charge is 0.370 e. The van der Waals surface area contributed by atoms with Gasteiger partial charge in [-0.2, -0.15) is 0 Å². The summed E-state index contributed by atoms with van der Waals surface area (Å²) in [6.45, 7) is 9.06. The lowest BCUT2D eigenvalue weighted by Gasteiger charge is -2.23. The van der Waals surface area contributed by atoms with E-state index in [-0.39, 0.29) is 0 Å². The van der Waals surface area contributed by atoms with E-state index >= 15 is 0 Å². The van der Waals surface area contributed by atoms with Crippen molar-refractivity contribution in [3.05, 3.63) is 16.3 Å². The number of nitrogens with zero attached hydrogens (tertiary/aromatic N) is 2. The highest BCUT2D eigenvalue weighted by Gasteiger charge is 2.25. The van der Waals surface area contributed by atoms with Crippen LogP contribution in [0.5, 0.6) is 0 Å². The fourth-order valence-electron chi connectivity index (χ4n) is 2.96. The van der Waals surface area contributed by atoms with Crippen molar-refractivity contribution >= 4 is 27.4 Å². The predicted molar refractivity (Wildman–Crippen MR) is 88.8 cm³/mol. The first-order valence-corrected chi connectivity index (χ1v) is 8.97. The van der Waals surface area contributed by atoms with Crippen LogP contribution in [0.15, 0.2) is 0 Å². The van der Waals surface area contributed by atoms with Crippen molar-refractivity contribution in [3.8, 4) is 0 Å². The van der Waals surface area contributed by atoms with Gasteiger partial charge in [-0.3, -0.25) is 0 Å². The van der Waals surface area contributed by atoms with E-state index in [9.17, 15) is 0 Å². The average molecular weight is 319 g/mol. The van der Waals surface area contributed by atoms with Gasteiger partial charge in [0.05, 0.1) is 18.6 Å². The zero-order valence-electron chi connectivity index (χ0n) is 13.2. The van der Waals surface area contributed by atoms with Crippen molar-refractivity contribution in [2.45, 2.75) is 39.3 Å². The van der Waals surface area contributed by atoms with Crippen LogP contribution in [-0.4, -0.2) is 42.3 Å². The van der Waals surface area contributed by atoms with E-state index in [0.717, 1.165) is 49.3 Å². The van der Waals surface area contributed by atoms with Crippen molar-refractivity contribution in [1.29, 1.82) is 0 Å². The molecule has 1 saturated heterocycles. The molecule has 0 aromatic carbocycles. The molecule has 1 aliphatic heterocycles. The van der Waals surface area contributed by atoms with Crippen LogP contribution in [0, 0.1) is 13.8 Å². The maximum Gasteiger partial charge on any atom is 0.187 e. The number of hydrogen-bond acceptors (Lipinski definition) is 5. The third-order valence-electron chi connectivity index (χ3n) is 4.60. The quantitative estimate of drug-likeness (QED) is 0.892. The van der Waals surface area contributed by atoms with Crippen LogP contribution in [-0.2, 0) is 11.3 Å². The molecule has 2 aliphatic rings. The summed E-state index contributed by atoms with van der Waals surface area (Å²) in [5, 5.41) is 4.84. The Hall–Kier alpha value is -1.24. The molecule has 118 valence electrons. The molecule has 0 bridgehead atoms. The molecule has 1 saturated carbocycles. The highest BCUT2D eigenvalue weighted by molar-refractivity contribution is 7.18. The summed E-state index contributed by atoms with van der Waals surface area (Å²) in [4.78, 5) is 13.7. The molecule has 2 fully saturated rings.